The van der Waals surface area contributed by atoms with Gasteiger partial charge in [-0.15, -0.1) is 5.10 Å². The van der Waals surface area contributed by atoms with E-state index in [1.807, 2.05) is 40.7 Å². The van der Waals surface area contributed by atoms with Crippen LogP contribution in [0.5, 0.6) is 0 Å². The van der Waals surface area contributed by atoms with Crippen molar-refractivity contribution in [3.63, 3.8) is 0 Å². The normalized spacial score (nSPS) is 20.0. The fourth-order valence-corrected chi connectivity index (χ4v) is 5.36. The molecule has 0 radical (unpaired) electrons. The zero-order valence-corrected chi connectivity index (χ0v) is 17.2. The fraction of sp³-hybridized carbons (Fsp3) is 0.476. The van der Waals surface area contributed by atoms with Crippen molar-refractivity contribution in [2.45, 2.75) is 57.5 Å². The standard InChI is InChI=1S/C21H23N5O2S/c1-13-18(29-24-23-13)21(28)25-12-6-11-17(25)19-22-16-10-5-4-9-15(16)20(27)26(19)14-7-2-3-8-14/h4-5,9-10,14,17H,2-3,6-8,11-12H2,1H3. The predicted molar refractivity (Wildman–Crippen MR) is 111 cm³/mol. The lowest BCUT2D eigenvalue weighted by Crippen LogP contribution is -2.36. The number of rotatable bonds is 3. The molecule has 2 fully saturated rings. The van der Waals surface area contributed by atoms with Gasteiger partial charge in [0.25, 0.3) is 11.5 Å². The zero-order valence-electron chi connectivity index (χ0n) is 16.4. The molecular formula is C21H23N5O2S. The van der Waals surface area contributed by atoms with E-state index in [0.29, 0.717) is 28.0 Å². The number of likely N-dealkylation sites (tertiary alicyclic amines) is 1. The van der Waals surface area contributed by atoms with Crippen molar-refractivity contribution in [3.8, 4) is 0 Å². The second kappa shape index (κ2) is 7.33. The minimum absolute atomic E-state index is 0.0208. The maximum atomic E-state index is 13.5. The molecule has 2 aliphatic rings. The topological polar surface area (TPSA) is 81.0 Å². The first kappa shape index (κ1) is 18.4. The Bertz CT molecular complexity index is 1130. The van der Waals surface area contributed by atoms with Gasteiger partial charge in [0.05, 0.1) is 22.6 Å². The Kier molecular flexibility index (Phi) is 4.66. The van der Waals surface area contributed by atoms with Gasteiger partial charge < -0.3 is 4.90 Å². The van der Waals surface area contributed by atoms with Gasteiger partial charge in [-0.3, -0.25) is 14.2 Å². The summed E-state index contributed by atoms with van der Waals surface area (Å²) in [7, 11) is 0. The number of fused-ring (bicyclic) bond motifs is 1. The highest BCUT2D eigenvalue weighted by atomic mass is 32.1. The Hall–Kier alpha value is -2.61. The molecule has 1 aliphatic carbocycles. The Morgan fingerprint density at radius 1 is 1.14 bits per heavy atom. The second-order valence-corrected chi connectivity index (χ2v) is 8.70. The van der Waals surface area contributed by atoms with Crippen LogP contribution >= 0.6 is 11.5 Å². The van der Waals surface area contributed by atoms with Crippen LogP contribution in [-0.4, -0.2) is 36.5 Å². The summed E-state index contributed by atoms with van der Waals surface area (Å²) in [5.74, 6) is 0.682. The maximum absolute atomic E-state index is 13.5. The highest BCUT2D eigenvalue weighted by Crippen LogP contribution is 2.37. The van der Waals surface area contributed by atoms with E-state index in [-0.39, 0.29) is 23.6 Å². The number of amides is 1. The SMILES string of the molecule is Cc1nnsc1C(=O)N1CCCC1c1nc2ccccc2c(=O)n1C1CCCC1. The summed E-state index contributed by atoms with van der Waals surface area (Å²) >= 11 is 1.14. The predicted octanol–water partition coefficient (Wildman–Crippen LogP) is 3.65. The molecule has 150 valence electrons. The number of nitrogens with zero attached hydrogens (tertiary/aromatic N) is 5. The van der Waals surface area contributed by atoms with Crippen molar-refractivity contribution < 1.29 is 4.79 Å². The number of hydrogen-bond acceptors (Lipinski definition) is 6. The summed E-state index contributed by atoms with van der Waals surface area (Å²) in [4.78, 5) is 34.1. The minimum Gasteiger partial charge on any atom is -0.328 e. The first-order valence-corrected chi connectivity index (χ1v) is 11.0. The molecule has 2 aromatic heterocycles. The molecule has 8 heteroatoms. The van der Waals surface area contributed by atoms with E-state index in [1.54, 1.807) is 0 Å². The summed E-state index contributed by atoms with van der Waals surface area (Å²) in [5.41, 5.74) is 1.38. The third kappa shape index (κ3) is 3.06. The number of para-hydroxylation sites is 1. The largest absolute Gasteiger partial charge is 0.328 e. The number of aromatic nitrogens is 4. The summed E-state index contributed by atoms with van der Waals surface area (Å²) in [6.07, 6.45) is 5.95. The molecule has 1 atom stereocenters. The van der Waals surface area contributed by atoms with E-state index in [2.05, 4.69) is 9.59 Å². The molecule has 0 bridgehead atoms. The van der Waals surface area contributed by atoms with Gasteiger partial charge in [-0.25, -0.2) is 4.98 Å². The van der Waals surface area contributed by atoms with E-state index in [0.717, 1.165) is 55.9 Å². The van der Waals surface area contributed by atoms with Crippen molar-refractivity contribution in [2.24, 2.45) is 0 Å². The summed E-state index contributed by atoms with van der Waals surface area (Å²) in [6.45, 7) is 2.47. The highest BCUT2D eigenvalue weighted by molar-refractivity contribution is 7.07. The van der Waals surface area contributed by atoms with Crippen LogP contribution in [0, 0.1) is 6.92 Å². The van der Waals surface area contributed by atoms with Gasteiger partial charge in [0.1, 0.15) is 10.7 Å². The van der Waals surface area contributed by atoms with Gasteiger partial charge in [0.15, 0.2) is 0 Å². The number of benzene rings is 1. The van der Waals surface area contributed by atoms with E-state index in [1.165, 1.54) is 0 Å². The molecule has 3 aromatic rings. The lowest BCUT2D eigenvalue weighted by atomic mass is 10.1. The Balaban J connectivity index is 1.65. The lowest BCUT2D eigenvalue weighted by Gasteiger charge is -2.28. The highest BCUT2D eigenvalue weighted by Gasteiger charge is 2.37. The van der Waals surface area contributed by atoms with Crippen LogP contribution in [0.3, 0.4) is 0 Å². The average molecular weight is 410 g/mol. The number of hydrogen-bond donors (Lipinski definition) is 0. The molecule has 1 amide bonds. The summed E-state index contributed by atoms with van der Waals surface area (Å²) < 4.78 is 5.83. The first-order valence-electron chi connectivity index (χ1n) is 10.3. The molecule has 1 saturated heterocycles. The van der Waals surface area contributed by atoms with Crippen LogP contribution in [0.4, 0.5) is 0 Å². The van der Waals surface area contributed by atoms with Crippen LogP contribution in [-0.2, 0) is 0 Å². The van der Waals surface area contributed by atoms with Gasteiger partial charge in [-0.2, -0.15) is 0 Å². The monoisotopic (exact) mass is 409 g/mol. The number of carbonyl (C=O) groups excluding carboxylic acids is 1. The quantitative estimate of drug-likeness (QED) is 0.660. The van der Waals surface area contributed by atoms with Gasteiger partial charge in [-0.05, 0) is 56.3 Å². The lowest BCUT2D eigenvalue weighted by molar-refractivity contribution is 0.0729. The number of aryl methyl sites for hydroxylation is 1. The van der Waals surface area contributed by atoms with Crippen molar-refractivity contribution >= 4 is 28.3 Å². The summed E-state index contributed by atoms with van der Waals surface area (Å²) in [6, 6.07) is 7.50. The van der Waals surface area contributed by atoms with Crippen LogP contribution in [0.15, 0.2) is 29.1 Å². The first-order chi connectivity index (χ1) is 14.1. The van der Waals surface area contributed by atoms with E-state index in [4.69, 9.17) is 4.98 Å². The van der Waals surface area contributed by atoms with Gasteiger partial charge >= 0.3 is 0 Å². The third-order valence-electron chi connectivity index (χ3n) is 6.18. The van der Waals surface area contributed by atoms with Crippen molar-refractivity contribution in [1.29, 1.82) is 0 Å². The third-order valence-corrected chi connectivity index (χ3v) is 7.00. The maximum Gasteiger partial charge on any atom is 0.268 e. The molecule has 1 unspecified atom stereocenters. The molecule has 7 nitrogen and oxygen atoms in total. The molecule has 5 rings (SSSR count). The summed E-state index contributed by atoms with van der Waals surface area (Å²) in [5, 5.41) is 4.65. The molecule has 0 N–H and O–H groups in total. The van der Waals surface area contributed by atoms with Gasteiger partial charge in [0.2, 0.25) is 0 Å². The molecule has 1 saturated carbocycles. The van der Waals surface area contributed by atoms with E-state index in [9.17, 15) is 9.59 Å². The molecule has 29 heavy (non-hydrogen) atoms. The van der Waals surface area contributed by atoms with Crippen molar-refractivity contribution in [1.82, 2.24) is 24.0 Å². The van der Waals surface area contributed by atoms with Gasteiger partial charge in [-0.1, -0.05) is 29.5 Å². The Morgan fingerprint density at radius 2 is 1.93 bits per heavy atom. The van der Waals surface area contributed by atoms with Crippen molar-refractivity contribution in [3.05, 3.63) is 51.0 Å². The molecule has 3 heterocycles. The Labute approximate surface area is 172 Å². The van der Waals surface area contributed by atoms with Gasteiger partial charge in [0, 0.05) is 12.6 Å². The fourth-order valence-electron chi connectivity index (χ4n) is 4.75. The van der Waals surface area contributed by atoms with Crippen LogP contribution in [0.1, 0.15) is 71.8 Å². The van der Waals surface area contributed by atoms with E-state index >= 15 is 0 Å². The smallest absolute Gasteiger partial charge is 0.268 e. The van der Waals surface area contributed by atoms with Crippen molar-refractivity contribution in [2.75, 3.05) is 6.54 Å². The Morgan fingerprint density at radius 3 is 2.69 bits per heavy atom. The minimum atomic E-state index is -0.193. The average Bonchev–Trinajstić information content (AvgIpc) is 3.49. The van der Waals surface area contributed by atoms with E-state index < -0.39 is 0 Å². The zero-order chi connectivity index (χ0) is 20.0. The molecular weight excluding hydrogens is 386 g/mol. The molecule has 0 spiro atoms. The second-order valence-electron chi connectivity index (χ2n) is 7.94. The molecule has 1 aliphatic heterocycles. The number of carbonyl (C=O) groups is 1. The van der Waals surface area contributed by atoms with Crippen LogP contribution in [0.2, 0.25) is 0 Å². The molecule has 1 aromatic carbocycles. The van der Waals surface area contributed by atoms with Crippen LogP contribution in [0.25, 0.3) is 10.9 Å². The van der Waals surface area contributed by atoms with Crippen LogP contribution < -0.4 is 5.56 Å².